The quantitative estimate of drug-likeness (QED) is 0.392. The van der Waals surface area contributed by atoms with Crippen LogP contribution in [0.3, 0.4) is 0 Å². The lowest BCUT2D eigenvalue weighted by atomic mass is 10.1. The van der Waals surface area contributed by atoms with Crippen LogP contribution in [0.4, 0.5) is 0 Å². The molecule has 0 amide bonds. The Bertz CT molecular complexity index is 1320. The van der Waals surface area contributed by atoms with Crippen LogP contribution in [0.2, 0.25) is 5.02 Å². The minimum absolute atomic E-state index is 0.178. The molecule has 0 aliphatic heterocycles. The minimum Gasteiger partial charge on any atom is -0.610 e. The zero-order chi connectivity index (χ0) is 22.1. The molecular formula is C21H18ClN3O4S2. The molecule has 7 nitrogen and oxygen atoms in total. The molecular weight excluding hydrogens is 458 g/mol. The smallest absolute Gasteiger partial charge is 0.304 e. The maximum Gasteiger partial charge on any atom is 0.304 e. The van der Waals surface area contributed by atoms with E-state index in [-0.39, 0.29) is 17.6 Å². The number of halogens is 1. The van der Waals surface area contributed by atoms with Crippen molar-refractivity contribution in [2.24, 2.45) is 0 Å². The van der Waals surface area contributed by atoms with Crippen molar-refractivity contribution in [3.05, 3.63) is 63.4 Å². The molecule has 31 heavy (non-hydrogen) atoms. The molecule has 2 aromatic carbocycles. The molecule has 1 unspecified atom stereocenters. The normalized spacial score (nSPS) is 12.2. The van der Waals surface area contributed by atoms with Crippen LogP contribution in [0.1, 0.15) is 5.56 Å². The van der Waals surface area contributed by atoms with E-state index >= 15 is 0 Å². The second-order valence-corrected chi connectivity index (χ2v) is 9.51. The van der Waals surface area contributed by atoms with Crippen molar-refractivity contribution < 1.29 is 14.0 Å². The zero-order valence-electron chi connectivity index (χ0n) is 16.9. The lowest BCUT2D eigenvalue weighted by Gasteiger charge is -2.15. The van der Waals surface area contributed by atoms with Crippen molar-refractivity contribution in [2.75, 3.05) is 20.5 Å². The van der Waals surface area contributed by atoms with E-state index < -0.39 is 11.2 Å². The first-order valence-electron chi connectivity index (χ1n) is 9.13. The second kappa shape index (κ2) is 8.88. The van der Waals surface area contributed by atoms with E-state index in [1.807, 2.05) is 18.2 Å². The standard InChI is InChI=1S/C21H18ClN3O4S2/c1-28-13-9-8-12(16(10-13)29-2)11-25-18(14-6-4-5-7-15(14)22)24-19-17(20(25)26)23-21(30-19)31(3)27/h4-10H,11H2,1-3H3. The molecule has 0 saturated heterocycles. The van der Waals surface area contributed by atoms with Gasteiger partial charge in [-0.25, -0.2) is 4.98 Å². The fraction of sp³-hybridized carbons (Fsp3) is 0.190. The monoisotopic (exact) mass is 475 g/mol. The molecule has 0 spiro atoms. The fourth-order valence-corrected chi connectivity index (χ4v) is 4.97. The predicted molar refractivity (Wildman–Crippen MR) is 123 cm³/mol. The molecule has 2 aromatic heterocycles. The summed E-state index contributed by atoms with van der Waals surface area (Å²) in [5, 5.41) is 0.466. The maximum atomic E-state index is 13.5. The van der Waals surface area contributed by atoms with E-state index in [0.29, 0.717) is 37.1 Å². The Labute approximate surface area is 190 Å². The van der Waals surface area contributed by atoms with Gasteiger partial charge in [-0.1, -0.05) is 23.7 Å². The van der Waals surface area contributed by atoms with Crippen LogP contribution < -0.4 is 15.0 Å². The van der Waals surface area contributed by atoms with Gasteiger partial charge in [0.1, 0.15) is 23.6 Å². The minimum atomic E-state index is -1.32. The van der Waals surface area contributed by atoms with Gasteiger partial charge < -0.3 is 14.0 Å². The molecule has 0 saturated carbocycles. The number of fused-ring (bicyclic) bond motifs is 1. The first kappa shape index (κ1) is 21.6. The van der Waals surface area contributed by atoms with Crippen molar-refractivity contribution in [1.82, 2.24) is 14.5 Å². The topological polar surface area (TPSA) is 89.3 Å². The number of rotatable bonds is 6. The second-order valence-electron chi connectivity index (χ2n) is 6.57. The third-order valence-electron chi connectivity index (χ3n) is 4.68. The summed E-state index contributed by atoms with van der Waals surface area (Å²) in [6.45, 7) is 0.178. The third kappa shape index (κ3) is 4.14. The van der Waals surface area contributed by atoms with E-state index in [1.54, 1.807) is 38.5 Å². The van der Waals surface area contributed by atoms with Crippen LogP contribution in [0.5, 0.6) is 11.5 Å². The number of aromatic nitrogens is 3. The third-order valence-corrected chi connectivity index (χ3v) is 7.29. The van der Waals surface area contributed by atoms with Gasteiger partial charge in [-0.3, -0.25) is 9.36 Å². The average Bonchev–Trinajstić information content (AvgIpc) is 3.21. The molecule has 0 aliphatic carbocycles. The van der Waals surface area contributed by atoms with Gasteiger partial charge in [0.2, 0.25) is 0 Å². The molecule has 160 valence electrons. The fourth-order valence-electron chi connectivity index (χ4n) is 3.16. The van der Waals surface area contributed by atoms with E-state index in [4.69, 9.17) is 26.1 Å². The van der Waals surface area contributed by atoms with Crippen molar-refractivity contribution in [1.29, 1.82) is 0 Å². The van der Waals surface area contributed by atoms with Crippen molar-refractivity contribution in [3.63, 3.8) is 0 Å². The first-order chi connectivity index (χ1) is 14.9. The molecule has 0 radical (unpaired) electrons. The van der Waals surface area contributed by atoms with Crippen LogP contribution in [-0.2, 0) is 17.7 Å². The van der Waals surface area contributed by atoms with E-state index in [9.17, 15) is 9.35 Å². The molecule has 0 bridgehead atoms. The van der Waals surface area contributed by atoms with Gasteiger partial charge >= 0.3 is 4.34 Å². The number of ether oxygens (including phenoxy) is 2. The van der Waals surface area contributed by atoms with Crippen LogP contribution >= 0.6 is 22.9 Å². The predicted octanol–water partition coefficient (Wildman–Crippen LogP) is 3.98. The van der Waals surface area contributed by atoms with Crippen LogP contribution in [-0.4, -0.2) is 39.6 Å². The van der Waals surface area contributed by atoms with Gasteiger partial charge in [-0.2, -0.15) is 4.98 Å². The molecule has 0 fully saturated rings. The highest BCUT2D eigenvalue weighted by molar-refractivity contribution is 7.92. The number of benzene rings is 2. The first-order valence-corrected chi connectivity index (χ1v) is 11.9. The summed E-state index contributed by atoms with van der Waals surface area (Å²) < 4.78 is 24.5. The summed E-state index contributed by atoms with van der Waals surface area (Å²) >= 11 is 6.26. The van der Waals surface area contributed by atoms with Gasteiger partial charge in [-0.05, 0) is 35.6 Å². The largest absolute Gasteiger partial charge is 0.610 e. The SMILES string of the molecule is COc1ccc(Cn2c(-c3ccccc3Cl)nc3sc([S+](C)[O-])nc3c2=O)c(OC)c1. The summed E-state index contributed by atoms with van der Waals surface area (Å²) in [6.07, 6.45) is 1.52. The van der Waals surface area contributed by atoms with E-state index in [0.717, 1.165) is 16.9 Å². The zero-order valence-corrected chi connectivity index (χ0v) is 19.3. The highest BCUT2D eigenvalue weighted by Gasteiger charge is 2.22. The molecule has 2 heterocycles. The van der Waals surface area contributed by atoms with Gasteiger partial charge in [0, 0.05) is 28.4 Å². The molecule has 1 atom stereocenters. The Morgan fingerprint density at radius 3 is 2.61 bits per heavy atom. The summed E-state index contributed by atoms with van der Waals surface area (Å²) in [6, 6.07) is 12.6. The lowest BCUT2D eigenvalue weighted by molar-refractivity contribution is 0.390. The molecule has 4 aromatic rings. The van der Waals surface area contributed by atoms with Crippen LogP contribution in [0.25, 0.3) is 21.7 Å². The molecule has 10 heteroatoms. The molecule has 0 aliphatic rings. The molecule has 4 rings (SSSR count). The Hall–Kier alpha value is -2.59. The van der Waals surface area contributed by atoms with Crippen molar-refractivity contribution >= 4 is 44.5 Å². The van der Waals surface area contributed by atoms with Crippen LogP contribution in [0.15, 0.2) is 51.6 Å². The van der Waals surface area contributed by atoms with E-state index in [2.05, 4.69) is 4.98 Å². The van der Waals surface area contributed by atoms with Gasteiger partial charge in [0.25, 0.3) is 5.56 Å². The highest BCUT2D eigenvalue weighted by atomic mass is 35.5. The van der Waals surface area contributed by atoms with Gasteiger partial charge in [-0.15, -0.1) is 0 Å². The maximum absolute atomic E-state index is 13.5. The summed E-state index contributed by atoms with van der Waals surface area (Å²) in [4.78, 5) is 22.8. The Morgan fingerprint density at radius 1 is 1.16 bits per heavy atom. The van der Waals surface area contributed by atoms with Gasteiger partial charge in [0.05, 0.1) is 25.8 Å². The number of hydrogen-bond donors (Lipinski definition) is 0. The number of thiazole rings is 1. The number of hydrogen-bond acceptors (Lipinski definition) is 7. The lowest BCUT2D eigenvalue weighted by Crippen LogP contribution is -2.24. The Kier molecular flexibility index (Phi) is 6.19. The summed E-state index contributed by atoms with van der Waals surface area (Å²) in [5.74, 6) is 1.62. The van der Waals surface area contributed by atoms with Crippen molar-refractivity contribution in [3.8, 4) is 22.9 Å². The summed E-state index contributed by atoms with van der Waals surface area (Å²) in [5.41, 5.74) is 1.21. The Morgan fingerprint density at radius 2 is 1.94 bits per heavy atom. The van der Waals surface area contributed by atoms with Gasteiger partial charge in [0.15, 0.2) is 10.3 Å². The highest BCUT2D eigenvalue weighted by Crippen LogP contribution is 2.31. The molecule has 0 N–H and O–H groups in total. The number of nitrogens with zero attached hydrogens (tertiary/aromatic N) is 3. The van der Waals surface area contributed by atoms with E-state index in [1.165, 1.54) is 10.8 Å². The van der Waals surface area contributed by atoms with Crippen LogP contribution in [0, 0.1) is 0 Å². The summed E-state index contributed by atoms with van der Waals surface area (Å²) in [7, 11) is 3.13. The number of methoxy groups -OCH3 is 2. The average molecular weight is 476 g/mol. The van der Waals surface area contributed by atoms with Crippen molar-refractivity contribution in [2.45, 2.75) is 10.9 Å². The Balaban J connectivity index is 1.96.